The summed E-state index contributed by atoms with van der Waals surface area (Å²) in [6.07, 6.45) is 3.38. The summed E-state index contributed by atoms with van der Waals surface area (Å²) in [6, 6.07) is 8.64. The third-order valence-corrected chi connectivity index (χ3v) is 6.15. The molecule has 0 unspecified atom stereocenters. The van der Waals surface area contributed by atoms with Gasteiger partial charge in [0.25, 0.3) is 5.91 Å². The molecule has 4 heterocycles. The molecule has 2 bridgehead atoms. The second-order valence-electron chi connectivity index (χ2n) is 7.94. The molecule has 2 aromatic rings. The number of nitrogens with zero attached hydrogens (tertiary/aromatic N) is 2. The first-order valence-corrected chi connectivity index (χ1v) is 9.66. The minimum absolute atomic E-state index is 0.0335. The number of hydrogen-bond acceptors (Lipinski definition) is 5. The zero-order valence-corrected chi connectivity index (χ0v) is 15.4. The normalized spacial score (nSPS) is 27.6. The van der Waals surface area contributed by atoms with E-state index in [0.29, 0.717) is 36.6 Å². The fourth-order valence-corrected chi connectivity index (χ4v) is 4.51. The largest absolute Gasteiger partial charge is 0.441 e. The van der Waals surface area contributed by atoms with Crippen molar-refractivity contribution in [2.45, 2.75) is 37.4 Å². The van der Waals surface area contributed by atoms with Crippen molar-refractivity contribution >= 4 is 28.7 Å². The molecule has 1 aromatic carbocycles. The highest BCUT2D eigenvalue weighted by Crippen LogP contribution is 2.30. The van der Waals surface area contributed by atoms with Crippen LogP contribution in [-0.4, -0.2) is 61.5 Å². The molecule has 0 saturated carbocycles. The lowest BCUT2D eigenvalue weighted by atomic mass is 9.95. The number of piperazine rings is 1. The molecule has 3 aliphatic rings. The summed E-state index contributed by atoms with van der Waals surface area (Å²) < 4.78 is 5.91. The summed E-state index contributed by atoms with van der Waals surface area (Å²) in [4.78, 5) is 28.3. The first-order valence-electron chi connectivity index (χ1n) is 9.66. The lowest BCUT2D eigenvalue weighted by molar-refractivity contribution is -0.129. The van der Waals surface area contributed by atoms with Crippen LogP contribution < -0.4 is 15.5 Å². The zero-order chi connectivity index (χ0) is 18.5. The van der Waals surface area contributed by atoms with Crippen LogP contribution in [0.5, 0.6) is 0 Å². The second-order valence-corrected chi connectivity index (χ2v) is 7.94. The number of carbonyl (C=O) groups is 2. The van der Waals surface area contributed by atoms with E-state index < -0.39 is 0 Å². The van der Waals surface area contributed by atoms with Gasteiger partial charge in [-0.25, -0.2) is 0 Å². The number of hydrogen-bond donors (Lipinski definition) is 2. The van der Waals surface area contributed by atoms with E-state index in [-0.39, 0.29) is 17.9 Å². The monoisotopic (exact) mass is 368 g/mol. The topological polar surface area (TPSA) is 77.8 Å². The molecule has 7 heteroatoms. The smallest absolute Gasteiger partial charge is 0.251 e. The number of benzene rings is 1. The van der Waals surface area contributed by atoms with Crippen LogP contribution in [0, 0.1) is 0 Å². The van der Waals surface area contributed by atoms with Gasteiger partial charge in [0.15, 0.2) is 5.88 Å². The van der Waals surface area contributed by atoms with Crippen molar-refractivity contribution < 1.29 is 14.0 Å². The first kappa shape index (κ1) is 16.6. The molecule has 0 radical (unpaired) electrons. The fourth-order valence-electron chi connectivity index (χ4n) is 4.51. The van der Waals surface area contributed by atoms with Gasteiger partial charge < -0.3 is 24.9 Å². The highest BCUT2D eigenvalue weighted by molar-refractivity contribution is 5.98. The van der Waals surface area contributed by atoms with Gasteiger partial charge in [-0.15, -0.1) is 0 Å². The Balaban J connectivity index is 1.33. The number of likely N-dealkylation sites (N-methyl/N-ethyl adjacent to an activating group) is 1. The van der Waals surface area contributed by atoms with E-state index >= 15 is 0 Å². The van der Waals surface area contributed by atoms with Gasteiger partial charge in [-0.05, 0) is 37.5 Å². The van der Waals surface area contributed by atoms with Crippen LogP contribution in [0.3, 0.4) is 0 Å². The Morgan fingerprint density at radius 1 is 1.26 bits per heavy atom. The van der Waals surface area contributed by atoms with Crippen LogP contribution in [-0.2, 0) is 4.79 Å². The van der Waals surface area contributed by atoms with Gasteiger partial charge in [-0.1, -0.05) is 0 Å². The highest BCUT2D eigenvalue weighted by atomic mass is 16.4. The van der Waals surface area contributed by atoms with Crippen LogP contribution >= 0.6 is 0 Å². The summed E-state index contributed by atoms with van der Waals surface area (Å²) >= 11 is 0. The number of anilines is 1. The van der Waals surface area contributed by atoms with Gasteiger partial charge in [0.1, 0.15) is 5.58 Å². The Morgan fingerprint density at radius 2 is 2.15 bits per heavy atom. The fraction of sp³-hybridized carbons (Fsp3) is 0.500. The van der Waals surface area contributed by atoms with E-state index in [1.165, 1.54) is 6.42 Å². The number of rotatable bonds is 3. The molecular weight excluding hydrogens is 344 g/mol. The van der Waals surface area contributed by atoms with Gasteiger partial charge in [-0.2, -0.15) is 0 Å². The molecule has 3 fully saturated rings. The number of carbonyl (C=O) groups excluding carboxylic acids is 2. The molecule has 5 rings (SSSR count). The maximum Gasteiger partial charge on any atom is 0.251 e. The lowest BCUT2D eigenvalue weighted by Gasteiger charge is -2.31. The van der Waals surface area contributed by atoms with Crippen molar-refractivity contribution in [3.8, 4) is 0 Å². The summed E-state index contributed by atoms with van der Waals surface area (Å²) in [6.45, 7) is 1.74. The molecule has 1 aromatic heterocycles. The predicted molar refractivity (Wildman–Crippen MR) is 102 cm³/mol. The van der Waals surface area contributed by atoms with Gasteiger partial charge in [-0.3, -0.25) is 9.59 Å². The third kappa shape index (κ3) is 2.96. The standard InChI is InChI=1S/C20H24N4O3/c1-23-6-7-24(11-18(23)25)19-9-13-8-12(2-5-17(13)27-19)20(26)22-16-10-14-3-4-15(16)21-14/h2,5,8-9,14-16,21H,3-4,6-7,10-11H2,1H3,(H,22,26)/t14-,15+,16-/m1/s1. The maximum absolute atomic E-state index is 12.7. The Kier molecular flexibility index (Phi) is 3.86. The summed E-state index contributed by atoms with van der Waals surface area (Å²) in [5.41, 5.74) is 1.38. The Bertz CT molecular complexity index is 908. The van der Waals surface area contributed by atoms with Crippen LogP contribution in [0.2, 0.25) is 0 Å². The summed E-state index contributed by atoms with van der Waals surface area (Å²) in [5, 5.41) is 7.61. The van der Waals surface area contributed by atoms with E-state index in [1.807, 2.05) is 30.1 Å². The van der Waals surface area contributed by atoms with Gasteiger partial charge >= 0.3 is 0 Å². The highest BCUT2D eigenvalue weighted by Gasteiger charge is 2.39. The van der Waals surface area contributed by atoms with Crippen molar-refractivity contribution in [1.29, 1.82) is 0 Å². The zero-order valence-electron chi connectivity index (χ0n) is 15.4. The molecular formula is C20H24N4O3. The molecule has 3 saturated heterocycles. The van der Waals surface area contributed by atoms with Crippen LogP contribution in [0.15, 0.2) is 28.7 Å². The van der Waals surface area contributed by atoms with Crippen molar-refractivity contribution in [1.82, 2.24) is 15.5 Å². The molecule has 2 amide bonds. The molecule has 27 heavy (non-hydrogen) atoms. The molecule has 3 aliphatic heterocycles. The molecule has 142 valence electrons. The number of furan rings is 1. The summed E-state index contributed by atoms with van der Waals surface area (Å²) in [7, 11) is 1.81. The Labute approximate surface area is 157 Å². The molecule has 0 spiro atoms. The van der Waals surface area contributed by atoms with Crippen molar-refractivity contribution in [3.05, 3.63) is 29.8 Å². The van der Waals surface area contributed by atoms with Crippen LogP contribution in [0.1, 0.15) is 29.6 Å². The van der Waals surface area contributed by atoms with E-state index in [1.54, 1.807) is 11.0 Å². The average molecular weight is 368 g/mol. The molecule has 7 nitrogen and oxygen atoms in total. The van der Waals surface area contributed by atoms with E-state index in [2.05, 4.69) is 10.6 Å². The van der Waals surface area contributed by atoms with Gasteiger partial charge in [0.05, 0.1) is 6.54 Å². The Hall–Kier alpha value is -2.54. The second kappa shape index (κ2) is 6.27. The van der Waals surface area contributed by atoms with Crippen LogP contribution in [0.4, 0.5) is 5.88 Å². The van der Waals surface area contributed by atoms with Crippen molar-refractivity contribution in [3.63, 3.8) is 0 Å². The number of amides is 2. The molecule has 2 N–H and O–H groups in total. The van der Waals surface area contributed by atoms with Crippen LogP contribution in [0.25, 0.3) is 11.0 Å². The van der Waals surface area contributed by atoms with Crippen molar-refractivity contribution in [2.75, 3.05) is 31.6 Å². The minimum atomic E-state index is -0.0335. The number of nitrogens with one attached hydrogen (secondary N) is 2. The quantitative estimate of drug-likeness (QED) is 0.855. The van der Waals surface area contributed by atoms with Gasteiger partial charge in [0.2, 0.25) is 5.91 Å². The summed E-state index contributed by atoms with van der Waals surface area (Å²) in [5.74, 6) is 0.733. The molecule has 3 atom stereocenters. The molecule has 0 aliphatic carbocycles. The maximum atomic E-state index is 12.7. The minimum Gasteiger partial charge on any atom is -0.441 e. The van der Waals surface area contributed by atoms with E-state index in [4.69, 9.17) is 4.42 Å². The Morgan fingerprint density at radius 3 is 2.89 bits per heavy atom. The van der Waals surface area contributed by atoms with Crippen molar-refractivity contribution in [2.24, 2.45) is 0 Å². The van der Waals surface area contributed by atoms with E-state index in [0.717, 1.165) is 30.4 Å². The third-order valence-electron chi connectivity index (χ3n) is 6.15. The average Bonchev–Trinajstić information content (AvgIpc) is 3.38. The predicted octanol–water partition coefficient (Wildman–Crippen LogP) is 1.33. The first-order chi connectivity index (χ1) is 13.1. The van der Waals surface area contributed by atoms with E-state index in [9.17, 15) is 9.59 Å². The SMILES string of the molecule is CN1CCN(c2cc3cc(C(=O)N[C@@H]4C[C@H]5CC[C@@H]4N5)ccc3o2)CC1=O. The number of fused-ring (bicyclic) bond motifs is 3. The van der Waals surface area contributed by atoms with Gasteiger partial charge in [0, 0.05) is 55.3 Å². The lowest BCUT2D eigenvalue weighted by Crippen LogP contribution is -2.48.